The summed E-state index contributed by atoms with van der Waals surface area (Å²) in [5.41, 5.74) is 21.3. The van der Waals surface area contributed by atoms with Crippen LogP contribution in [0.4, 0.5) is 5.69 Å². The van der Waals surface area contributed by atoms with E-state index in [0.29, 0.717) is 0 Å². The van der Waals surface area contributed by atoms with Crippen molar-refractivity contribution in [1.82, 2.24) is 0 Å². The minimum absolute atomic E-state index is 0.150. The topological polar surface area (TPSA) is 44.5 Å². The molecule has 7 rings (SSSR count). The molecule has 0 saturated heterocycles. The third-order valence-electron chi connectivity index (χ3n) is 8.11. The highest BCUT2D eigenvalue weighted by molar-refractivity contribution is 6.04. The van der Waals surface area contributed by atoms with E-state index in [4.69, 9.17) is 15.2 Å². The van der Waals surface area contributed by atoms with E-state index in [-0.39, 0.29) is 12.2 Å². The Bertz CT molecular complexity index is 1750. The highest BCUT2D eigenvalue weighted by Gasteiger charge is 2.38. The fourth-order valence-electron chi connectivity index (χ4n) is 6.32. The van der Waals surface area contributed by atoms with E-state index in [1.807, 2.05) is 18.2 Å². The number of nitrogens with two attached hydrogens (primary N) is 1. The van der Waals surface area contributed by atoms with E-state index in [1.165, 1.54) is 55.6 Å². The maximum atomic E-state index is 6.63. The molecule has 0 amide bonds. The predicted octanol–water partition coefficient (Wildman–Crippen LogP) is 9.46. The normalized spacial score (nSPS) is 16.7. The van der Waals surface area contributed by atoms with Gasteiger partial charge in [0, 0.05) is 39.1 Å². The molecule has 0 spiro atoms. The molecule has 192 valence electrons. The average molecular weight is 510 g/mol. The zero-order valence-corrected chi connectivity index (χ0v) is 22.7. The van der Waals surface area contributed by atoms with Crippen LogP contribution in [-0.4, -0.2) is 0 Å². The number of rotatable bonds is 2. The fourth-order valence-corrected chi connectivity index (χ4v) is 6.32. The Morgan fingerprint density at radius 2 is 1.03 bits per heavy atom. The summed E-state index contributed by atoms with van der Waals surface area (Å²) >= 11 is 0. The summed E-state index contributed by atoms with van der Waals surface area (Å²) in [6.45, 7) is 8.59. The van der Waals surface area contributed by atoms with Gasteiger partial charge >= 0.3 is 0 Å². The van der Waals surface area contributed by atoms with Crippen LogP contribution in [-0.2, 0) is 0 Å². The Morgan fingerprint density at radius 1 is 0.538 bits per heavy atom. The van der Waals surface area contributed by atoms with Gasteiger partial charge in [-0.2, -0.15) is 0 Å². The van der Waals surface area contributed by atoms with Crippen LogP contribution < -0.4 is 15.2 Å². The standard InChI is InChI=1S/C36H31NO2/c1-20-9-13-24(14-10-20)33-31-22(3)38-29-8-6-5-7-27(29)35(31)36-28-19-26(37)17-18-30(28)39-23(4)32(36)34(33)25-15-11-21(2)12-16-25/h5-19,22-23H,37H2,1-4H3/t22-,23-/m1/s1. The van der Waals surface area contributed by atoms with E-state index in [2.05, 4.69) is 100 Å². The van der Waals surface area contributed by atoms with Crippen LogP contribution in [0.3, 0.4) is 0 Å². The molecule has 0 unspecified atom stereocenters. The van der Waals surface area contributed by atoms with Gasteiger partial charge in [0.2, 0.25) is 0 Å². The van der Waals surface area contributed by atoms with E-state index < -0.39 is 0 Å². The third kappa shape index (κ3) is 3.64. The van der Waals surface area contributed by atoms with Gasteiger partial charge in [0.1, 0.15) is 23.7 Å². The van der Waals surface area contributed by atoms with Crippen LogP contribution in [0, 0.1) is 13.8 Å². The van der Waals surface area contributed by atoms with E-state index >= 15 is 0 Å². The van der Waals surface area contributed by atoms with Crippen molar-refractivity contribution >= 4 is 5.69 Å². The van der Waals surface area contributed by atoms with Crippen molar-refractivity contribution in [2.45, 2.75) is 39.9 Å². The zero-order valence-electron chi connectivity index (χ0n) is 22.7. The molecule has 2 N–H and O–H groups in total. The molecule has 3 nitrogen and oxygen atoms in total. The van der Waals surface area contributed by atoms with Crippen molar-refractivity contribution in [1.29, 1.82) is 0 Å². The summed E-state index contributed by atoms with van der Waals surface area (Å²) in [5, 5.41) is 0. The molecular formula is C36H31NO2. The number of ether oxygens (including phenoxy) is 2. The smallest absolute Gasteiger partial charge is 0.128 e. The van der Waals surface area contributed by atoms with E-state index in [9.17, 15) is 0 Å². The molecule has 0 bridgehead atoms. The minimum Gasteiger partial charge on any atom is -0.485 e. The van der Waals surface area contributed by atoms with Crippen LogP contribution in [0.1, 0.15) is 48.3 Å². The van der Waals surface area contributed by atoms with Crippen molar-refractivity contribution in [3.8, 4) is 56.0 Å². The number of nitrogen functional groups attached to an aromatic ring is 1. The maximum Gasteiger partial charge on any atom is 0.128 e. The molecule has 5 aromatic rings. The van der Waals surface area contributed by atoms with Crippen LogP contribution in [0.2, 0.25) is 0 Å². The molecule has 3 heteroatoms. The monoisotopic (exact) mass is 509 g/mol. The lowest BCUT2D eigenvalue weighted by Crippen LogP contribution is -2.20. The molecule has 2 atom stereocenters. The molecule has 2 aliphatic rings. The number of fused-ring (bicyclic) bond motifs is 7. The molecule has 0 aromatic heterocycles. The average Bonchev–Trinajstić information content (AvgIpc) is 2.93. The summed E-state index contributed by atoms with van der Waals surface area (Å²) < 4.78 is 13.3. The Balaban J connectivity index is 1.73. The minimum atomic E-state index is -0.160. The van der Waals surface area contributed by atoms with Gasteiger partial charge in [-0.25, -0.2) is 0 Å². The van der Waals surface area contributed by atoms with E-state index in [0.717, 1.165) is 28.3 Å². The SMILES string of the molecule is Cc1ccc(-c2c(-c3ccc(C)cc3)c3c(c4c2[C@@H](C)Oc2ccccc2-4)-c2cc(N)ccc2O[C@@H]3C)cc1. The quantitative estimate of drug-likeness (QED) is 0.241. The predicted molar refractivity (Wildman–Crippen MR) is 160 cm³/mol. The molecule has 5 aromatic carbocycles. The number of benzene rings is 5. The molecule has 0 radical (unpaired) electrons. The number of aryl methyl sites for hydroxylation is 2. The second kappa shape index (κ2) is 8.78. The molecule has 2 heterocycles. The van der Waals surface area contributed by atoms with Crippen molar-refractivity contribution in [2.75, 3.05) is 5.73 Å². The van der Waals surface area contributed by atoms with Crippen LogP contribution >= 0.6 is 0 Å². The summed E-state index contributed by atoms with van der Waals surface area (Å²) in [5.74, 6) is 1.77. The van der Waals surface area contributed by atoms with Gasteiger partial charge < -0.3 is 15.2 Å². The summed E-state index contributed by atoms with van der Waals surface area (Å²) in [7, 11) is 0. The third-order valence-corrected chi connectivity index (χ3v) is 8.11. The highest BCUT2D eigenvalue weighted by atomic mass is 16.5. The lowest BCUT2D eigenvalue weighted by molar-refractivity contribution is 0.219. The molecule has 39 heavy (non-hydrogen) atoms. The van der Waals surface area contributed by atoms with Gasteiger partial charge in [-0.05, 0) is 74.2 Å². The second-order valence-electron chi connectivity index (χ2n) is 10.8. The van der Waals surface area contributed by atoms with E-state index in [1.54, 1.807) is 0 Å². The van der Waals surface area contributed by atoms with Crippen molar-refractivity contribution in [3.05, 3.63) is 113 Å². The number of anilines is 1. The lowest BCUT2D eigenvalue weighted by Gasteiger charge is -2.38. The first-order valence-corrected chi connectivity index (χ1v) is 13.6. The molecular weight excluding hydrogens is 478 g/mol. The van der Waals surface area contributed by atoms with Crippen molar-refractivity contribution in [3.63, 3.8) is 0 Å². The number of para-hydroxylation sites is 1. The molecule has 0 fully saturated rings. The number of hydrogen-bond acceptors (Lipinski definition) is 3. The highest BCUT2D eigenvalue weighted by Crippen LogP contribution is 2.59. The summed E-state index contributed by atoms with van der Waals surface area (Å²) in [6, 6.07) is 32.1. The van der Waals surface area contributed by atoms with Crippen molar-refractivity contribution < 1.29 is 9.47 Å². The van der Waals surface area contributed by atoms with Gasteiger partial charge in [0.25, 0.3) is 0 Å². The van der Waals surface area contributed by atoms with Crippen molar-refractivity contribution in [2.24, 2.45) is 0 Å². The van der Waals surface area contributed by atoms with Crippen LogP contribution in [0.15, 0.2) is 91.0 Å². The molecule has 2 aliphatic heterocycles. The Morgan fingerprint density at radius 3 is 1.59 bits per heavy atom. The summed E-state index contributed by atoms with van der Waals surface area (Å²) in [6.07, 6.45) is -0.310. The Kier molecular flexibility index (Phi) is 5.31. The first-order valence-electron chi connectivity index (χ1n) is 13.6. The molecule has 0 aliphatic carbocycles. The van der Waals surface area contributed by atoms with Gasteiger partial charge in [0.15, 0.2) is 0 Å². The maximum absolute atomic E-state index is 6.63. The van der Waals surface area contributed by atoms with Crippen LogP contribution in [0.25, 0.3) is 44.5 Å². The number of hydrogen-bond donors (Lipinski definition) is 1. The largest absolute Gasteiger partial charge is 0.485 e. The van der Waals surface area contributed by atoms with Crippen LogP contribution in [0.5, 0.6) is 11.5 Å². The van der Waals surface area contributed by atoms with Gasteiger partial charge in [-0.15, -0.1) is 0 Å². The van der Waals surface area contributed by atoms with Gasteiger partial charge in [0.05, 0.1) is 0 Å². The first-order chi connectivity index (χ1) is 18.9. The Hall–Kier alpha value is -4.50. The second-order valence-corrected chi connectivity index (χ2v) is 10.8. The summed E-state index contributed by atoms with van der Waals surface area (Å²) in [4.78, 5) is 0. The zero-order chi connectivity index (χ0) is 26.8. The fraction of sp³-hybridized carbons (Fsp3) is 0.167. The van der Waals surface area contributed by atoms with Gasteiger partial charge in [-0.1, -0.05) is 77.9 Å². The van der Waals surface area contributed by atoms with Gasteiger partial charge in [-0.3, -0.25) is 0 Å². The molecule has 0 saturated carbocycles. The first kappa shape index (κ1) is 23.6. The lowest BCUT2D eigenvalue weighted by atomic mass is 9.73. The Labute approximate surface area is 229 Å².